The Morgan fingerprint density at radius 1 is 1.31 bits per heavy atom. The summed E-state index contributed by atoms with van der Waals surface area (Å²) in [5.74, 6) is 1.06. The highest BCUT2D eigenvalue weighted by Crippen LogP contribution is 2.29. The van der Waals surface area contributed by atoms with Gasteiger partial charge in [-0.05, 0) is 11.8 Å². The van der Waals surface area contributed by atoms with E-state index in [0.717, 1.165) is 0 Å². The average Bonchev–Trinajstić information content (AvgIpc) is 2.23. The van der Waals surface area contributed by atoms with Crippen molar-refractivity contribution < 1.29 is 13.2 Å². The average molecular weight is 252 g/mol. The lowest BCUT2D eigenvalue weighted by atomic mass is 10.5. The van der Waals surface area contributed by atoms with E-state index in [4.69, 9.17) is 0 Å². The van der Waals surface area contributed by atoms with Crippen LogP contribution < -0.4 is 10.6 Å². The van der Waals surface area contributed by atoms with Crippen molar-refractivity contribution in [1.82, 2.24) is 9.97 Å². The molecular formula is C8H11F3N4S. The minimum absolute atomic E-state index is 0.0532. The molecule has 0 amide bonds. The Hall–Kier alpha value is -1.18. The molecule has 0 aromatic carbocycles. The zero-order valence-electron chi connectivity index (χ0n) is 8.51. The smallest absolute Gasteiger partial charge is 0.373 e. The molecule has 1 aromatic heterocycles. The van der Waals surface area contributed by atoms with Crippen molar-refractivity contribution >= 4 is 23.4 Å². The van der Waals surface area contributed by atoms with Gasteiger partial charge in [0.25, 0.3) is 0 Å². The van der Waals surface area contributed by atoms with Crippen LogP contribution in [0.2, 0.25) is 0 Å². The molecule has 1 rings (SSSR count). The summed E-state index contributed by atoms with van der Waals surface area (Å²) in [6, 6.07) is 1.62. The summed E-state index contributed by atoms with van der Waals surface area (Å²) in [6.07, 6.45) is 1.34. The normalized spacial score (nSPS) is 11.2. The zero-order valence-corrected chi connectivity index (χ0v) is 9.32. The maximum absolute atomic E-state index is 11.8. The van der Waals surface area contributed by atoms with E-state index in [-0.39, 0.29) is 24.1 Å². The van der Waals surface area contributed by atoms with Gasteiger partial charge in [0.15, 0.2) is 0 Å². The van der Waals surface area contributed by atoms with Gasteiger partial charge in [-0.15, -0.1) is 0 Å². The van der Waals surface area contributed by atoms with Crippen LogP contribution >= 0.6 is 11.8 Å². The molecule has 0 aliphatic heterocycles. The van der Waals surface area contributed by atoms with E-state index in [2.05, 4.69) is 20.6 Å². The highest BCUT2D eigenvalue weighted by atomic mass is 32.2. The second-order valence-electron chi connectivity index (χ2n) is 2.76. The molecule has 0 unspecified atom stereocenters. The van der Waals surface area contributed by atoms with Crippen molar-refractivity contribution in [3.8, 4) is 0 Å². The Morgan fingerprint density at radius 2 is 2.00 bits per heavy atom. The van der Waals surface area contributed by atoms with Gasteiger partial charge >= 0.3 is 5.51 Å². The third kappa shape index (κ3) is 5.06. The Labute approximate surface area is 95.0 Å². The van der Waals surface area contributed by atoms with Crippen LogP contribution in [0.3, 0.4) is 0 Å². The first-order chi connectivity index (χ1) is 7.51. The highest BCUT2D eigenvalue weighted by molar-refractivity contribution is 8.00. The molecule has 0 fully saturated rings. The van der Waals surface area contributed by atoms with Crippen molar-refractivity contribution in [3.05, 3.63) is 12.4 Å². The van der Waals surface area contributed by atoms with Crippen LogP contribution in [0.25, 0.3) is 0 Å². The molecule has 0 saturated carbocycles. The van der Waals surface area contributed by atoms with Gasteiger partial charge in [0.1, 0.15) is 18.0 Å². The van der Waals surface area contributed by atoms with Gasteiger partial charge in [-0.3, -0.25) is 0 Å². The van der Waals surface area contributed by atoms with Crippen LogP contribution in [-0.4, -0.2) is 34.8 Å². The van der Waals surface area contributed by atoms with Crippen molar-refractivity contribution in [2.24, 2.45) is 0 Å². The van der Waals surface area contributed by atoms with Crippen molar-refractivity contribution in [3.63, 3.8) is 0 Å². The minimum atomic E-state index is -4.18. The van der Waals surface area contributed by atoms with Crippen LogP contribution in [0.1, 0.15) is 0 Å². The lowest BCUT2D eigenvalue weighted by Gasteiger charge is -2.07. The van der Waals surface area contributed by atoms with E-state index in [1.54, 1.807) is 13.1 Å². The Morgan fingerprint density at radius 3 is 2.62 bits per heavy atom. The van der Waals surface area contributed by atoms with Gasteiger partial charge < -0.3 is 10.6 Å². The Bertz CT molecular complexity index is 331. The quantitative estimate of drug-likeness (QED) is 0.787. The second-order valence-corrected chi connectivity index (χ2v) is 3.92. The molecule has 0 atom stereocenters. The predicted molar refractivity (Wildman–Crippen MR) is 58.6 cm³/mol. The zero-order chi connectivity index (χ0) is 12.0. The van der Waals surface area contributed by atoms with E-state index >= 15 is 0 Å². The highest BCUT2D eigenvalue weighted by Gasteiger charge is 2.27. The fourth-order valence-corrected chi connectivity index (χ4v) is 1.37. The van der Waals surface area contributed by atoms with Crippen LogP contribution in [0.5, 0.6) is 0 Å². The van der Waals surface area contributed by atoms with E-state index < -0.39 is 5.51 Å². The van der Waals surface area contributed by atoms with E-state index in [1.807, 2.05) is 0 Å². The summed E-state index contributed by atoms with van der Waals surface area (Å²) >= 11 is -0.0588. The monoisotopic (exact) mass is 252 g/mol. The molecule has 0 radical (unpaired) electrons. The number of nitrogens with zero attached hydrogens (tertiary/aromatic N) is 2. The number of thioether (sulfide) groups is 1. The summed E-state index contributed by atoms with van der Waals surface area (Å²) in [7, 11) is 1.70. The maximum Gasteiger partial charge on any atom is 0.441 e. The summed E-state index contributed by atoms with van der Waals surface area (Å²) < 4.78 is 35.4. The van der Waals surface area contributed by atoms with E-state index in [1.165, 1.54) is 6.33 Å². The van der Waals surface area contributed by atoms with Gasteiger partial charge in [0, 0.05) is 25.4 Å². The number of anilines is 2. The molecule has 16 heavy (non-hydrogen) atoms. The number of hydrogen-bond donors (Lipinski definition) is 2. The Kier molecular flexibility index (Phi) is 4.66. The topological polar surface area (TPSA) is 49.8 Å². The number of halogens is 3. The number of hydrogen-bond acceptors (Lipinski definition) is 5. The van der Waals surface area contributed by atoms with Crippen molar-refractivity contribution in [2.45, 2.75) is 5.51 Å². The van der Waals surface area contributed by atoms with Crippen molar-refractivity contribution in [1.29, 1.82) is 0 Å². The second kappa shape index (κ2) is 5.78. The first-order valence-corrected chi connectivity index (χ1v) is 5.44. The molecule has 0 saturated heterocycles. The molecule has 0 bridgehead atoms. The summed E-state index contributed by atoms with van der Waals surface area (Å²) in [6.45, 7) is 0.199. The lowest BCUT2D eigenvalue weighted by Crippen LogP contribution is -2.10. The van der Waals surface area contributed by atoms with Crippen LogP contribution in [0.15, 0.2) is 12.4 Å². The molecule has 0 aliphatic rings. The number of rotatable bonds is 5. The summed E-state index contributed by atoms with van der Waals surface area (Å²) in [5.41, 5.74) is -4.18. The van der Waals surface area contributed by atoms with Gasteiger partial charge in [-0.2, -0.15) is 13.2 Å². The first-order valence-electron chi connectivity index (χ1n) is 4.45. The summed E-state index contributed by atoms with van der Waals surface area (Å²) in [4.78, 5) is 7.75. The van der Waals surface area contributed by atoms with Crippen LogP contribution in [0.4, 0.5) is 24.8 Å². The number of alkyl halides is 3. The molecule has 1 heterocycles. The number of nitrogens with one attached hydrogen (secondary N) is 2. The maximum atomic E-state index is 11.8. The SMILES string of the molecule is CNc1cc(NCCSC(F)(F)F)ncn1. The van der Waals surface area contributed by atoms with Gasteiger partial charge in [0.2, 0.25) is 0 Å². The molecule has 90 valence electrons. The van der Waals surface area contributed by atoms with Gasteiger partial charge in [-0.25, -0.2) is 9.97 Å². The van der Waals surface area contributed by atoms with Crippen LogP contribution in [-0.2, 0) is 0 Å². The van der Waals surface area contributed by atoms with E-state index in [0.29, 0.717) is 11.6 Å². The molecule has 2 N–H and O–H groups in total. The first kappa shape index (κ1) is 12.9. The standard InChI is InChI=1S/C8H11F3N4S/c1-12-6-4-7(15-5-14-6)13-2-3-16-8(9,10)11/h4-5H,2-3H2,1H3,(H2,12,13,14,15). The van der Waals surface area contributed by atoms with Crippen LogP contribution in [0, 0.1) is 0 Å². The molecule has 8 heteroatoms. The molecule has 4 nitrogen and oxygen atoms in total. The van der Waals surface area contributed by atoms with E-state index in [9.17, 15) is 13.2 Å². The molecule has 0 spiro atoms. The molecule has 0 aliphatic carbocycles. The van der Waals surface area contributed by atoms with Gasteiger partial charge in [-0.1, -0.05) is 0 Å². The Balaban J connectivity index is 2.32. The van der Waals surface area contributed by atoms with Gasteiger partial charge in [0.05, 0.1) is 0 Å². The predicted octanol–water partition coefficient (Wildman–Crippen LogP) is 2.18. The number of aromatic nitrogens is 2. The van der Waals surface area contributed by atoms with Crippen molar-refractivity contribution in [2.75, 3.05) is 30.0 Å². The lowest BCUT2D eigenvalue weighted by molar-refractivity contribution is -0.0327. The fourth-order valence-electron chi connectivity index (χ4n) is 0.937. The third-order valence-corrected chi connectivity index (χ3v) is 2.33. The minimum Gasteiger partial charge on any atom is -0.373 e. The molecular weight excluding hydrogens is 241 g/mol. The summed E-state index contributed by atoms with van der Waals surface area (Å²) in [5, 5.41) is 5.59. The largest absolute Gasteiger partial charge is 0.441 e. The fraction of sp³-hybridized carbons (Fsp3) is 0.500. The third-order valence-electron chi connectivity index (χ3n) is 1.60. The molecule has 1 aromatic rings.